The zero-order valence-corrected chi connectivity index (χ0v) is 13.8. The second-order valence-electron chi connectivity index (χ2n) is 5.98. The monoisotopic (exact) mass is 324 g/mol. The third-order valence-electron chi connectivity index (χ3n) is 4.42. The molecule has 0 saturated carbocycles. The molecule has 0 spiro atoms. The van der Waals surface area contributed by atoms with Gasteiger partial charge in [-0.05, 0) is 42.7 Å². The summed E-state index contributed by atoms with van der Waals surface area (Å²) in [7, 11) is 1.52. The Balaban J connectivity index is 1.82. The molecule has 2 aromatic carbocycles. The van der Waals surface area contributed by atoms with E-state index in [2.05, 4.69) is 10.6 Å². The van der Waals surface area contributed by atoms with E-state index in [1.54, 1.807) is 13.0 Å². The molecule has 2 amide bonds. The molecule has 1 aliphatic heterocycles. The number of hydrogen-bond acceptors (Lipinski definition) is 3. The van der Waals surface area contributed by atoms with Crippen LogP contribution in [0.1, 0.15) is 24.5 Å². The number of ether oxygens (including phenoxy) is 1. The quantitative estimate of drug-likeness (QED) is 0.908. The second-order valence-corrected chi connectivity index (χ2v) is 5.98. The molecule has 2 aromatic rings. The minimum atomic E-state index is -1.08. The van der Waals surface area contributed by atoms with Crippen molar-refractivity contribution in [3.63, 3.8) is 0 Å². The minimum Gasteiger partial charge on any atom is -0.364 e. The lowest BCUT2D eigenvalue weighted by Gasteiger charge is -2.27. The molecule has 1 aliphatic rings. The highest BCUT2D eigenvalue weighted by atomic mass is 16.5. The number of anilines is 2. The maximum Gasteiger partial charge on any atom is 0.260 e. The summed E-state index contributed by atoms with van der Waals surface area (Å²) in [5.74, 6) is -0.216. The maximum absolute atomic E-state index is 12.8. The average molecular weight is 324 g/mol. The molecular weight excluding hydrogens is 304 g/mol. The van der Waals surface area contributed by atoms with E-state index in [4.69, 9.17) is 4.74 Å². The van der Waals surface area contributed by atoms with Crippen LogP contribution in [0.4, 0.5) is 11.4 Å². The van der Waals surface area contributed by atoms with E-state index < -0.39 is 5.60 Å². The SMILES string of the molecule is CO[C@@](C)(C(=O)Nc1ccc2c(c1)CCC(=O)N2)c1ccccc1. The summed E-state index contributed by atoms with van der Waals surface area (Å²) in [4.78, 5) is 24.2. The smallest absolute Gasteiger partial charge is 0.260 e. The van der Waals surface area contributed by atoms with E-state index >= 15 is 0 Å². The Morgan fingerprint density at radius 3 is 2.62 bits per heavy atom. The van der Waals surface area contributed by atoms with Crippen molar-refractivity contribution < 1.29 is 14.3 Å². The number of amides is 2. The van der Waals surface area contributed by atoms with E-state index in [0.717, 1.165) is 16.8 Å². The van der Waals surface area contributed by atoms with Crippen molar-refractivity contribution in [1.82, 2.24) is 0 Å². The summed E-state index contributed by atoms with van der Waals surface area (Å²) in [5, 5.41) is 5.75. The van der Waals surface area contributed by atoms with Gasteiger partial charge in [-0.3, -0.25) is 9.59 Å². The predicted octanol–water partition coefficient (Wildman–Crippen LogP) is 3.07. The number of aryl methyl sites for hydroxylation is 1. The number of rotatable bonds is 4. The van der Waals surface area contributed by atoms with Crippen molar-refractivity contribution in [3.05, 3.63) is 59.7 Å². The maximum atomic E-state index is 12.8. The van der Waals surface area contributed by atoms with Crippen molar-refractivity contribution >= 4 is 23.2 Å². The van der Waals surface area contributed by atoms with Crippen LogP contribution in [-0.4, -0.2) is 18.9 Å². The molecule has 0 aliphatic carbocycles. The fraction of sp³-hybridized carbons (Fsp3) is 0.263. The number of carbonyl (C=O) groups excluding carboxylic acids is 2. The Morgan fingerprint density at radius 2 is 1.92 bits per heavy atom. The molecule has 3 rings (SSSR count). The first-order chi connectivity index (χ1) is 11.5. The lowest BCUT2D eigenvalue weighted by molar-refractivity contribution is -0.136. The summed E-state index contributed by atoms with van der Waals surface area (Å²) in [6.07, 6.45) is 1.13. The van der Waals surface area contributed by atoms with Gasteiger partial charge in [0, 0.05) is 24.9 Å². The van der Waals surface area contributed by atoms with Gasteiger partial charge in [0.25, 0.3) is 5.91 Å². The van der Waals surface area contributed by atoms with E-state index in [1.807, 2.05) is 42.5 Å². The molecule has 124 valence electrons. The molecule has 0 aromatic heterocycles. The normalized spacial score (nSPS) is 15.8. The Morgan fingerprint density at radius 1 is 1.17 bits per heavy atom. The van der Waals surface area contributed by atoms with E-state index in [9.17, 15) is 9.59 Å². The Kier molecular flexibility index (Phi) is 4.36. The van der Waals surface area contributed by atoms with Crippen LogP contribution >= 0.6 is 0 Å². The second kappa shape index (κ2) is 6.45. The highest BCUT2D eigenvalue weighted by Gasteiger charge is 2.35. The molecule has 1 atom stereocenters. The number of methoxy groups -OCH3 is 1. The summed E-state index contributed by atoms with van der Waals surface area (Å²) in [5.41, 5.74) is 2.23. The van der Waals surface area contributed by atoms with Crippen LogP contribution < -0.4 is 10.6 Å². The van der Waals surface area contributed by atoms with Gasteiger partial charge >= 0.3 is 0 Å². The number of carbonyl (C=O) groups is 2. The van der Waals surface area contributed by atoms with Crippen molar-refractivity contribution in [2.24, 2.45) is 0 Å². The molecule has 5 heteroatoms. The van der Waals surface area contributed by atoms with Crippen molar-refractivity contribution in [3.8, 4) is 0 Å². The van der Waals surface area contributed by atoms with Gasteiger partial charge in [0.1, 0.15) is 0 Å². The fourth-order valence-electron chi connectivity index (χ4n) is 2.81. The summed E-state index contributed by atoms with van der Waals surface area (Å²) in [6, 6.07) is 14.9. The molecule has 5 nitrogen and oxygen atoms in total. The highest BCUT2D eigenvalue weighted by molar-refractivity contribution is 5.99. The first-order valence-electron chi connectivity index (χ1n) is 7.88. The summed E-state index contributed by atoms with van der Waals surface area (Å²) in [6.45, 7) is 1.75. The van der Waals surface area contributed by atoms with Crippen molar-refractivity contribution in [2.75, 3.05) is 17.7 Å². The molecule has 0 unspecified atom stereocenters. The van der Waals surface area contributed by atoms with Gasteiger partial charge < -0.3 is 15.4 Å². The number of hydrogen-bond donors (Lipinski definition) is 2. The average Bonchev–Trinajstić information content (AvgIpc) is 2.61. The molecular formula is C19H20N2O3. The lowest BCUT2D eigenvalue weighted by Crippen LogP contribution is -2.39. The third-order valence-corrected chi connectivity index (χ3v) is 4.42. The van der Waals surface area contributed by atoms with Crippen LogP contribution in [0.3, 0.4) is 0 Å². The highest BCUT2D eigenvalue weighted by Crippen LogP contribution is 2.29. The van der Waals surface area contributed by atoms with Gasteiger partial charge in [0.2, 0.25) is 5.91 Å². The largest absolute Gasteiger partial charge is 0.364 e. The minimum absolute atomic E-state index is 0.0234. The van der Waals surface area contributed by atoms with Crippen LogP contribution in [-0.2, 0) is 26.3 Å². The molecule has 0 saturated heterocycles. The number of fused-ring (bicyclic) bond motifs is 1. The zero-order valence-electron chi connectivity index (χ0n) is 13.8. The van der Waals surface area contributed by atoms with Crippen molar-refractivity contribution in [1.29, 1.82) is 0 Å². The number of nitrogens with one attached hydrogen (secondary N) is 2. The third kappa shape index (κ3) is 3.03. The van der Waals surface area contributed by atoms with Crippen LogP contribution in [0.2, 0.25) is 0 Å². The standard InChI is InChI=1S/C19H20N2O3/c1-19(24-2,14-6-4-3-5-7-14)18(23)20-15-9-10-16-13(12-15)8-11-17(22)21-16/h3-7,9-10,12H,8,11H2,1-2H3,(H,20,23)(H,21,22)/t19-/m1/s1. The molecule has 24 heavy (non-hydrogen) atoms. The Bertz CT molecular complexity index is 773. The molecule has 0 fully saturated rings. The van der Waals surface area contributed by atoms with Gasteiger partial charge in [0.15, 0.2) is 5.60 Å². The van der Waals surface area contributed by atoms with Crippen molar-refractivity contribution in [2.45, 2.75) is 25.4 Å². The first-order valence-corrected chi connectivity index (χ1v) is 7.88. The lowest BCUT2D eigenvalue weighted by atomic mass is 9.94. The van der Waals surface area contributed by atoms with Gasteiger partial charge in [-0.25, -0.2) is 0 Å². The molecule has 1 heterocycles. The summed E-state index contributed by atoms with van der Waals surface area (Å²) >= 11 is 0. The van der Waals surface area contributed by atoms with Gasteiger partial charge in [-0.1, -0.05) is 30.3 Å². The molecule has 0 bridgehead atoms. The Labute approximate surface area is 141 Å². The zero-order chi connectivity index (χ0) is 17.2. The van der Waals surface area contributed by atoms with Crippen LogP contribution in [0, 0.1) is 0 Å². The van der Waals surface area contributed by atoms with Crippen LogP contribution in [0.5, 0.6) is 0 Å². The first kappa shape index (κ1) is 16.2. The molecule has 2 N–H and O–H groups in total. The number of benzene rings is 2. The fourth-order valence-corrected chi connectivity index (χ4v) is 2.81. The van der Waals surface area contributed by atoms with E-state index in [-0.39, 0.29) is 11.8 Å². The van der Waals surface area contributed by atoms with Crippen LogP contribution in [0.25, 0.3) is 0 Å². The topological polar surface area (TPSA) is 67.4 Å². The van der Waals surface area contributed by atoms with Gasteiger partial charge in [0.05, 0.1) is 0 Å². The van der Waals surface area contributed by atoms with Gasteiger partial charge in [-0.2, -0.15) is 0 Å². The van der Waals surface area contributed by atoms with Gasteiger partial charge in [-0.15, -0.1) is 0 Å². The van der Waals surface area contributed by atoms with E-state index in [1.165, 1.54) is 7.11 Å². The molecule has 0 radical (unpaired) electrons. The Hall–Kier alpha value is -2.66. The van der Waals surface area contributed by atoms with Crippen LogP contribution in [0.15, 0.2) is 48.5 Å². The summed E-state index contributed by atoms with van der Waals surface area (Å²) < 4.78 is 5.52. The predicted molar refractivity (Wildman–Crippen MR) is 92.8 cm³/mol. The van der Waals surface area contributed by atoms with E-state index in [0.29, 0.717) is 18.5 Å².